The van der Waals surface area contributed by atoms with Crippen molar-refractivity contribution in [3.63, 3.8) is 0 Å². The fraction of sp³-hybridized carbons (Fsp3) is 0.368. The number of rotatable bonds is 7. The van der Waals surface area contributed by atoms with E-state index >= 15 is 0 Å². The maximum Gasteiger partial charge on any atom is 0.407 e. The van der Waals surface area contributed by atoms with Gasteiger partial charge in [-0.1, -0.05) is 50.1 Å². The number of ether oxygens (including phenoxy) is 1. The number of carbonyl (C=O) groups excluding carboxylic acids is 2. The number of nitrogens with zero attached hydrogens (tertiary/aromatic N) is 3. The van der Waals surface area contributed by atoms with Crippen molar-refractivity contribution in [2.75, 3.05) is 20.2 Å². The van der Waals surface area contributed by atoms with Crippen LogP contribution in [0, 0.1) is 36.5 Å². The Bertz CT molecular complexity index is 1900. The third kappa shape index (κ3) is 7.15. The summed E-state index contributed by atoms with van der Waals surface area (Å²) in [5.74, 6) is 13.9. The number of likely N-dealkylation sites (tertiary alicyclic amines) is 1. The minimum atomic E-state index is -0.687. The molecule has 2 amide bonds. The Labute approximate surface area is 281 Å². The van der Waals surface area contributed by atoms with Gasteiger partial charge in [0, 0.05) is 17.7 Å². The molecule has 48 heavy (non-hydrogen) atoms. The summed E-state index contributed by atoms with van der Waals surface area (Å²) in [6, 6.07) is 13.8. The third-order valence-electron chi connectivity index (χ3n) is 9.00. The van der Waals surface area contributed by atoms with E-state index in [0.29, 0.717) is 6.54 Å². The summed E-state index contributed by atoms with van der Waals surface area (Å²) in [7, 11) is 1.30. The van der Waals surface area contributed by atoms with Gasteiger partial charge in [0.1, 0.15) is 23.4 Å². The van der Waals surface area contributed by atoms with Gasteiger partial charge >= 0.3 is 6.09 Å². The molecule has 2 aliphatic heterocycles. The van der Waals surface area contributed by atoms with Crippen LogP contribution in [0.25, 0.3) is 22.4 Å². The molecule has 2 aromatic heterocycles. The first kappa shape index (κ1) is 32.6. The second-order valence-electron chi connectivity index (χ2n) is 12.6. The minimum absolute atomic E-state index is 0.102. The highest BCUT2D eigenvalue weighted by Gasteiger charge is 2.37. The first-order chi connectivity index (χ1) is 23.3. The van der Waals surface area contributed by atoms with E-state index in [1.54, 1.807) is 6.20 Å². The van der Waals surface area contributed by atoms with Gasteiger partial charge in [0.15, 0.2) is 0 Å². The van der Waals surface area contributed by atoms with Crippen molar-refractivity contribution >= 4 is 12.0 Å². The molecule has 0 radical (unpaired) electrons. The molecule has 0 bridgehead atoms. The van der Waals surface area contributed by atoms with Gasteiger partial charge in [-0.15, -0.1) is 0 Å². The van der Waals surface area contributed by atoms with Crippen LogP contribution in [0.2, 0.25) is 0 Å². The lowest BCUT2D eigenvalue weighted by Crippen LogP contribution is -2.51. The average molecular weight is 644 g/mol. The first-order valence-electron chi connectivity index (χ1n) is 16.5. The topological polar surface area (TPSA) is 128 Å². The third-order valence-corrected chi connectivity index (χ3v) is 9.00. The summed E-state index contributed by atoms with van der Waals surface area (Å²) in [4.78, 5) is 43.4. The number of H-pyrrole nitrogens is 2. The van der Waals surface area contributed by atoms with Gasteiger partial charge in [0.2, 0.25) is 5.91 Å². The number of alkyl carbamates (subject to hydrolysis) is 1. The Morgan fingerprint density at radius 1 is 0.979 bits per heavy atom. The predicted molar refractivity (Wildman–Crippen MR) is 184 cm³/mol. The summed E-state index contributed by atoms with van der Waals surface area (Å²) < 4.78 is 4.77. The molecular formula is C38H41N7O3. The van der Waals surface area contributed by atoms with Gasteiger partial charge in [-0.25, -0.2) is 14.8 Å². The van der Waals surface area contributed by atoms with E-state index in [9.17, 15) is 9.59 Å². The number of methoxy groups -OCH3 is 1. The lowest BCUT2D eigenvalue weighted by molar-refractivity contribution is -0.135. The van der Waals surface area contributed by atoms with Crippen molar-refractivity contribution in [2.24, 2.45) is 5.92 Å². The minimum Gasteiger partial charge on any atom is -0.453 e. The Balaban J connectivity index is 1.26. The lowest BCUT2D eigenvalue weighted by atomic mass is 9.93. The number of hydrogen-bond acceptors (Lipinski definition) is 6. The maximum absolute atomic E-state index is 13.6. The maximum atomic E-state index is 13.6. The van der Waals surface area contributed by atoms with Crippen LogP contribution in [0.3, 0.4) is 0 Å². The van der Waals surface area contributed by atoms with Gasteiger partial charge in [-0.3, -0.25) is 4.79 Å². The zero-order valence-corrected chi connectivity index (χ0v) is 27.8. The first-order valence-corrected chi connectivity index (χ1v) is 16.5. The quantitative estimate of drug-likeness (QED) is 0.193. The van der Waals surface area contributed by atoms with E-state index in [-0.39, 0.29) is 23.9 Å². The zero-order valence-electron chi connectivity index (χ0n) is 27.8. The number of carbonyl (C=O) groups is 2. The molecule has 4 aromatic rings. The summed E-state index contributed by atoms with van der Waals surface area (Å²) in [5, 5.41) is 6.16. The molecular weight excluding hydrogens is 602 g/mol. The molecule has 10 nitrogen and oxygen atoms in total. The van der Waals surface area contributed by atoms with E-state index in [4.69, 9.17) is 9.72 Å². The van der Waals surface area contributed by atoms with Crippen molar-refractivity contribution in [3.8, 4) is 46.1 Å². The Morgan fingerprint density at radius 3 is 2.52 bits per heavy atom. The molecule has 4 N–H and O–H groups in total. The van der Waals surface area contributed by atoms with Crippen molar-refractivity contribution < 1.29 is 14.3 Å². The summed E-state index contributed by atoms with van der Waals surface area (Å²) in [5.41, 5.74) is 6.54. The highest BCUT2D eigenvalue weighted by molar-refractivity contribution is 5.86. The average Bonchev–Trinajstić information content (AvgIpc) is 3.93. The molecule has 0 aliphatic carbocycles. The number of aromatic nitrogens is 4. The molecule has 2 aliphatic rings. The summed E-state index contributed by atoms with van der Waals surface area (Å²) in [6.07, 6.45) is 6.82. The van der Waals surface area contributed by atoms with Crippen LogP contribution >= 0.6 is 0 Å². The number of amides is 2. The van der Waals surface area contributed by atoms with E-state index in [1.807, 2.05) is 43.1 Å². The zero-order chi connectivity index (χ0) is 33.6. The van der Waals surface area contributed by atoms with Gasteiger partial charge in [0.25, 0.3) is 0 Å². The predicted octanol–water partition coefficient (Wildman–Crippen LogP) is 5.65. The van der Waals surface area contributed by atoms with Crippen LogP contribution in [0.5, 0.6) is 0 Å². The number of imidazole rings is 2. The van der Waals surface area contributed by atoms with Crippen LogP contribution in [0.15, 0.2) is 54.9 Å². The molecule has 2 saturated heterocycles. The molecule has 0 spiro atoms. The highest BCUT2D eigenvalue weighted by atomic mass is 16.5. The van der Waals surface area contributed by atoms with E-state index in [2.05, 4.69) is 80.5 Å². The molecule has 10 heteroatoms. The molecule has 2 fully saturated rings. The number of nitrogens with one attached hydrogen (secondary N) is 4. The van der Waals surface area contributed by atoms with E-state index < -0.39 is 12.1 Å². The Kier molecular flexibility index (Phi) is 9.94. The van der Waals surface area contributed by atoms with E-state index in [1.165, 1.54) is 7.11 Å². The summed E-state index contributed by atoms with van der Waals surface area (Å²) >= 11 is 0. The Morgan fingerprint density at radius 2 is 1.77 bits per heavy atom. The Hall–Kier alpha value is -5.32. The number of hydrogen-bond donors (Lipinski definition) is 4. The van der Waals surface area contributed by atoms with Crippen LogP contribution in [-0.4, -0.2) is 63.1 Å². The van der Waals surface area contributed by atoms with E-state index in [0.717, 1.165) is 83.1 Å². The lowest BCUT2D eigenvalue weighted by Gasteiger charge is -2.30. The van der Waals surface area contributed by atoms with Crippen molar-refractivity contribution in [1.82, 2.24) is 35.5 Å². The van der Waals surface area contributed by atoms with Gasteiger partial charge in [0.05, 0.1) is 37.3 Å². The SMILES string of the molecule is COC(=O)N[C@H](C(=O)N1CCC[C@H]1c1ncc(-c2cc(C)c(C#CC#Cc3cnc(C4CCCN4)[nH]3)c(-c3ccccc3)c2)[nH]1)C(C)C. The van der Waals surface area contributed by atoms with Crippen LogP contribution < -0.4 is 10.6 Å². The second kappa shape index (κ2) is 14.6. The smallest absolute Gasteiger partial charge is 0.407 e. The second-order valence-corrected chi connectivity index (χ2v) is 12.6. The molecule has 1 unspecified atom stereocenters. The van der Waals surface area contributed by atoms with Gasteiger partial charge < -0.3 is 30.2 Å². The molecule has 246 valence electrons. The molecule has 4 heterocycles. The summed E-state index contributed by atoms with van der Waals surface area (Å²) in [6.45, 7) is 7.48. The number of aromatic amines is 2. The monoisotopic (exact) mass is 643 g/mol. The fourth-order valence-corrected chi connectivity index (χ4v) is 6.49. The van der Waals surface area contributed by atoms with Crippen molar-refractivity contribution in [2.45, 2.75) is 64.6 Å². The standard InChI is InChI=1S/C38H41N7O3/c1-24(2)34(44-38(47)48-4)37(46)45-19-11-17-33(45)36-41-23-32(43-36)27-20-25(3)29(30(21-27)26-12-6-5-7-13-26)15-9-8-14-28-22-40-35(42-28)31-16-10-18-39-31/h5-7,12-13,20-24,31,33-34,39H,10-11,16-19H2,1-4H3,(H,40,42)(H,41,43)(H,44,47)/t31?,33-,34-/m0/s1. The highest BCUT2D eigenvalue weighted by Crippen LogP contribution is 2.35. The molecule has 2 aromatic carbocycles. The van der Waals surface area contributed by atoms with Gasteiger partial charge in [-0.05, 0) is 91.7 Å². The van der Waals surface area contributed by atoms with Crippen molar-refractivity contribution in [3.05, 3.63) is 83.3 Å². The molecule has 3 atom stereocenters. The molecule has 6 rings (SSSR count). The van der Waals surface area contributed by atoms with Crippen molar-refractivity contribution in [1.29, 1.82) is 0 Å². The number of aryl methyl sites for hydroxylation is 1. The molecule has 0 saturated carbocycles. The fourth-order valence-electron chi connectivity index (χ4n) is 6.49. The van der Waals surface area contributed by atoms with Gasteiger partial charge in [-0.2, -0.15) is 0 Å². The normalized spacial score (nSPS) is 17.7. The van der Waals surface area contributed by atoms with Crippen LogP contribution in [0.4, 0.5) is 4.79 Å². The van der Waals surface area contributed by atoms with Crippen LogP contribution in [0.1, 0.15) is 80.1 Å². The van der Waals surface area contributed by atoms with Crippen LogP contribution in [-0.2, 0) is 9.53 Å². The number of benzene rings is 2. The largest absolute Gasteiger partial charge is 0.453 e.